The van der Waals surface area contributed by atoms with Crippen molar-refractivity contribution < 1.29 is 27.5 Å². The van der Waals surface area contributed by atoms with E-state index in [1.165, 1.54) is 11.3 Å². The summed E-state index contributed by atoms with van der Waals surface area (Å²) in [5.41, 5.74) is 6.19. The minimum atomic E-state index is -4.55. The minimum Gasteiger partial charge on any atom is -0.367 e. The van der Waals surface area contributed by atoms with Crippen molar-refractivity contribution in [2.75, 3.05) is 45.2 Å². The zero-order valence-corrected chi connectivity index (χ0v) is 31.4. The quantitative estimate of drug-likeness (QED) is 0.124. The molecule has 280 valence electrons. The van der Waals surface area contributed by atoms with Crippen LogP contribution in [0.4, 0.5) is 19.0 Å². The molecule has 0 aromatic carbocycles. The van der Waals surface area contributed by atoms with Gasteiger partial charge in [0.25, 0.3) is 0 Å². The maximum atomic E-state index is 13.1. The number of nitrogens with two attached hydrogens (primary N) is 1. The SMILES string of the molecule is C=C(C)/C(=C(\C)N(C)CC(=O)N1CCOC(C(F)(F)F)C1)N(C=O)c1ccc(-c2cncc3c2cnn3C)cn1.CC.CC.CCC.CNN. The molecule has 50 heavy (non-hydrogen) atoms. The molecule has 2 amide bonds. The Morgan fingerprint density at radius 1 is 1.14 bits per heavy atom. The Morgan fingerprint density at radius 3 is 2.24 bits per heavy atom. The van der Waals surface area contributed by atoms with Gasteiger partial charge >= 0.3 is 6.18 Å². The van der Waals surface area contributed by atoms with Crippen LogP contribution >= 0.6 is 0 Å². The number of anilines is 1. The number of ether oxygens (including phenoxy) is 1. The molecule has 0 aliphatic carbocycles. The molecule has 0 spiro atoms. The third-order valence-corrected chi connectivity index (χ3v) is 6.80. The summed E-state index contributed by atoms with van der Waals surface area (Å²) in [7, 11) is 5.11. The highest BCUT2D eigenvalue weighted by Crippen LogP contribution is 2.30. The maximum Gasteiger partial charge on any atom is 0.416 e. The first-order valence-electron chi connectivity index (χ1n) is 16.6. The van der Waals surface area contributed by atoms with Crippen molar-refractivity contribution >= 4 is 29.0 Å². The number of aryl methyl sites for hydroxylation is 1. The lowest BCUT2D eigenvalue weighted by Crippen LogP contribution is -2.52. The first-order valence-corrected chi connectivity index (χ1v) is 16.6. The standard InChI is InChI=1S/C27H30F3N7O3.C3H8.2C2H6.CH6N2/c1-17(2)26(18(3)34(4)15-25(39)36-8-9-40-23(14-36)27(28,29)30)37(16-38)24-7-6-19(10-32-24)20-11-31-13-22-21(20)12-33-35(22)5;1-3-2;2*1-2;1-3-2/h6-7,10-13,16,23H,1,8-9,14-15H2,2-5H3;3H2,1-2H3;2*1-2H3;3H,2H2,1H3/b26-18-;;;;. The molecular formula is C35H56F3N9O3. The van der Waals surface area contributed by atoms with E-state index < -0.39 is 24.7 Å². The van der Waals surface area contributed by atoms with Crippen LogP contribution in [-0.4, -0.2) is 94.5 Å². The molecule has 4 rings (SSSR count). The molecule has 12 nitrogen and oxygen atoms in total. The van der Waals surface area contributed by atoms with Gasteiger partial charge in [0.15, 0.2) is 6.10 Å². The molecule has 3 aromatic heterocycles. The van der Waals surface area contributed by atoms with E-state index in [-0.39, 0.29) is 19.7 Å². The van der Waals surface area contributed by atoms with Crippen LogP contribution in [0.15, 0.2) is 60.5 Å². The molecule has 0 saturated carbocycles. The zero-order chi connectivity index (χ0) is 38.6. The fraction of sp³-hybridized carbons (Fsp3) is 0.514. The molecule has 3 N–H and O–H groups in total. The summed E-state index contributed by atoms with van der Waals surface area (Å²) in [4.78, 5) is 38.0. The van der Waals surface area contributed by atoms with E-state index in [1.54, 1.807) is 68.4 Å². The first kappa shape index (κ1) is 45.7. The van der Waals surface area contributed by atoms with Crippen molar-refractivity contribution in [2.24, 2.45) is 12.9 Å². The number of hydrogen-bond donors (Lipinski definition) is 2. The van der Waals surface area contributed by atoms with E-state index in [0.29, 0.717) is 29.2 Å². The lowest BCUT2D eigenvalue weighted by molar-refractivity contribution is -0.236. The number of nitrogens with zero attached hydrogens (tertiary/aromatic N) is 7. The highest BCUT2D eigenvalue weighted by molar-refractivity contribution is 5.93. The number of likely N-dealkylation sites (N-methyl/N-ethyl adjacent to an activating group) is 1. The van der Waals surface area contributed by atoms with Crippen LogP contribution in [0.5, 0.6) is 0 Å². The van der Waals surface area contributed by atoms with E-state index in [1.807, 2.05) is 40.8 Å². The molecule has 0 radical (unpaired) electrons. The molecule has 1 fully saturated rings. The zero-order valence-electron chi connectivity index (χ0n) is 31.4. The lowest BCUT2D eigenvalue weighted by atomic mass is 10.1. The second kappa shape index (κ2) is 23.1. The largest absolute Gasteiger partial charge is 0.416 e. The minimum absolute atomic E-state index is 0.0639. The number of pyridine rings is 2. The molecule has 1 atom stereocenters. The van der Waals surface area contributed by atoms with E-state index in [9.17, 15) is 22.8 Å². The molecule has 15 heteroatoms. The number of hydrogen-bond acceptors (Lipinski definition) is 9. The molecule has 3 aromatic rings. The predicted octanol–water partition coefficient (Wildman–Crippen LogP) is 6.07. The van der Waals surface area contributed by atoms with Crippen LogP contribution in [0.2, 0.25) is 0 Å². The van der Waals surface area contributed by atoms with Gasteiger partial charge < -0.3 is 14.5 Å². The fourth-order valence-electron chi connectivity index (χ4n) is 4.56. The van der Waals surface area contributed by atoms with Gasteiger partial charge in [0.2, 0.25) is 12.3 Å². The van der Waals surface area contributed by atoms with Gasteiger partial charge in [-0.05, 0) is 38.6 Å². The second-order valence-electron chi connectivity index (χ2n) is 10.6. The van der Waals surface area contributed by atoms with Crippen LogP contribution in [0.1, 0.15) is 61.8 Å². The highest BCUT2D eigenvalue weighted by atomic mass is 19.4. The smallest absolute Gasteiger partial charge is 0.367 e. The Bertz CT molecular complexity index is 1490. The number of morpholine rings is 1. The van der Waals surface area contributed by atoms with Gasteiger partial charge in [0.1, 0.15) is 5.82 Å². The lowest BCUT2D eigenvalue weighted by Gasteiger charge is -2.35. The Kier molecular flexibility index (Phi) is 21.1. The summed E-state index contributed by atoms with van der Waals surface area (Å²) in [5.74, 6) is 4.43. The van der Waals surface area contributed by atoms with Gasteiger partial charge in [-0.1, -0.05) is 54.5 Å². The van der Waals surface area contributed by atoms with Crippen LogP contribution in [0.25, 0.3) is 22.0 Å². The number of carbonyl (C=O) groups is 2. The fourth-order valence-corrected chi connectivity index (χ4v) is 4.56. The third-order valence-electron chi connectivity index (χ3n) is 6.80. The average molecular weight is 708 g/mol. The van der Waals surface area contributed by atoms with Gasteiger partial charge in [-0.15, -0.1) is 0 Å². The number of aromatic nitrogens is 4. The van der Waals surface area contributed by atoms with Crippen molar-refractivity contribution in [1.29, 1.82) is 0 Å². The number of alkyl halides is 3. The monoisotopic (exact) mass is 707 g/mol. The van der Waals surface area contributed by atoms with Gasteiger partial charge in [-0.25, -0.2) is 4.98 Å². The van der Waals surface area contributed by atoms with Crippen molar-refractivity contribution in [3.63, 3.8) is 0 Å². The van der Waals surface area contributed by atoms with Gasteiger partial charge in [0.05, 0.1) is 43.3 Å². The summed E-state index contributed by atoms with van der Waals surface area (Å²) >= 11 is 0. The number of halogens is 3. The van der Waals surface area contributed by atoms with Crippen molar-refractivity contribution in [2.45, 2.75) is 74.1 Å². The Balaban J connectivity index is 0.00000217. The number of carbonyl (C=O) groups excluding carboxylic acids is 2. The van der Waals surface area contributed by atoms with E-state index in [0.717, 1.165) is 26.9 Å². The van der Waals surface area contributed by atoms with Crippen molar-refractivity contribution in [3.05, 3.63) is 60.5 Å². The van der Waals surface area contributed by atoms with Crippen molar-refractivity contribution in [1.82, 2.24) is 35.0 Å². The number of hydrazine groups is 1. The van der Waals surface area contributed by atoms with E-state index in [2.05, 4.69) is 46.8 Å². The average Bonchev–Trinajstić information content (AvgIpc) is 3.49. The molecule has 1 aliphatic heterocycles. The predicted molar refractivity (Wildman–Crippen MR) is 195 cm³/mol. The van der Waals surface area contributed by atoms with Gasteiger partial charge in [0, 0.05) is 55.2 Å². The Hall–Kier alpha value is -4.34. The summed E-state index contributed by atoms with van der Waals surface area (Å²) in [5, 5.41) is 5.19. The van der Waals surface area contributed by atoms with Crippen LogP contribution in [-0.2, 0) is 21.4 Å². The number of nitrogens with one attached hydrogen (secondary N) is 1. The number of amides is 2. The number of fused-ring (bicyclic) bond motifs is 1. The van der Waals surface area contributed by atoms with Gasteiger partial charge in [-0.3, -0.25) is 35.4 Å². The second-order valence-corrected chi connectivity index (χ2v) is 10.6. The third kappa shape index (κ3) is 12.8. The van der Waals surface area contributed by atoms with Gasteiger partial charge in [-0.2, -0.15) is 18.3 Å². The summed E-state index contributed by atoms with van der Waals surface area (Å²) in [6.45, 7) is 18.8. The van der Waals surface area contributed by atoms with E-state index in [4.69, 9.17) is 4.74 Å². The van der Waals surface area contributed by atoms with Crippen LogP contribution in [0, 0.1) is 0 Å². The molecule has 0 bridgehead atoms. The van der Waals surface area contributed by atoms with Crippen molar-refractivity contribution in [3.8, 4) is 11.1 Å². The number of allylic oxidation sites excluding steroid dienone is 2. The molecule has 1 unspecified atom stereocenters. The summed E-state index contributed by atoms with van der Waals surface area (Å²) in [6.07, 6.45) is 2.11. The van der Waals surface area contributed by atoms with E-state index >= 15 is 0 Å². The maximum absolute atomic E-state index is 13.1. The Labute approximate surface area is 295 Å². The Morgan fingerprint density at radius 2 is 1.74 bits per heavy atom. The van der Waals surface area contributed by atoms with Crippen LogP contribution in [0.3, 0.4) is 0 Å². The topological polar surface area (TPSA) is 135 Å². The first-order chi connectivity index (χ1) is 23.7. The number of rotatable bonds is 8. The normalized spacial score (nSPS) is 14.1. The summed E-state index contributed by atoms with van der Waals surface area (Å²) in [6, 6.07) is 3.50. The molecular weight excluding hydrogens is 651 g/mol. The molecule has 4 heterocycles. The molecule has 1 aliphatic rings. The highest BCUT2D eigenvalue weighted by Gasteiger charge is 2.44. The van der Waals surface area contributed by atoms with Crippen LogP contribution < -0.4 is 16.2 Å². The molecule has 1 saturated heterocycles. The summed E-state index contributed by atoms with van der Waals surface area (Å²) < 4.78 is 45.8.